The molecule has 2 N–H and O–H groups in total. The number of benzene rings is 1. The summed E-state index contributed by atoms with van der Waals surface area (Å²) in [4.78, 5) is 19.0. The van der Waals surface area contributed by atoms with Crippen LogP contribution in [0.25, 0.3) is 0 Å². The highest BCUT2D eigenvalue weighted by Gasteiger charge is 2.29. The Hall–Kier alpha value is -3.29. The van der Waals surface area contributed by atoms with E-state index in [2.05, 4.69) is 35.6 Å². The van der Waals surface area contributed by atoms with E-state index in [-0.39, 0.29) is 23.8 Å². The Morgan fingerprint density at radius 3 is 2.69 bits per heavy atom. The van der Waals surface area contributed by atoms with Crippen LogP contribution in [0.1, 0.15) is 49.0 Å². The molecule has 0 bridgehead atoms. The minimum Gasteiger partial charge on any atom is -0.478 e. The third-order valence-corrected chi connectivity index (χ3v) is 4.99. The third kappa shape index (κ3) is 8.45. The highest BCUT2D eigenvalue weighted by molar-refractivity contribution is 6.14. The van der Waals surface area contributed by atoms with Gasteiger partial charge in [-0.3, -0.25) is 10.2 Å². The first kappa shape index (κ1) is 26.7. The van der Waals surface area contributed by atoms with Crippen LogP contribution in [0.2, 0.25) is 0 Å². The first-order valence-corrected chi connectivity index (χ1v) is 10.6. The van der Waals surface area contributed by atoms with E-state index < -0.39 is 5.83 Å². The molecular weight excluding hydrogens is 409 g/mol. The molecule has 2 unspecified atom stereocenters. The van der Waals surface area contributed by atoms with E-state index >= 15 is 0 Å². The molecule has 0 saturated carbocycles. The fourth-order valence-electron chi connectivity index (χ4n) is 3.48. The van der Waals surface area contributed by atoms with Crippen LogP contribution in [0.5, 0.6) is 0 Å². The standard InChI is InChI=1S/C24H34FN5O2/c1-7-9-20(16-32-19(5)27-15-18(4)25)23(8-2)30(6)24(31)21-14-17(3)10-11-22(21)29-28-13-12-26/h10-15,20,23,26,29H,4-5,7-9,16H2,1-3,6H3/b26-12?,27-15-,28-13-. The van der Waals surface area contributed by atoms with Crippen LogP contribution in [0.3, 0.4) is 0 Å². The van der Waals surface area contributed by atoms with E-state index in [0.717, 1.165) is 37.3 Å². The Morgan fingerprint density at radius 2 is 2.09 bits per heavy atom. The van der Waals surface area contributed by atoms with Crippen LogP contribution in [-0.2, 0) is 4.74 Å². The van der Waals surface area contributed by atoms with Crippen molar-refractivity contribution in [3.05, 3.63) is 54.2 Å². The summed E-state index contributed by atoms with van der Waals surface area (Å²) in [5, 5.41) is 11.0. The number of halogens is 1. The lowest BCUT2D eigenvalue weighted by Gasteiger charge is -2.34. The predicted molar refractivity (Wildman–Crippen MR) is 130 cm³/mol. The van der Waals surface area contributed by atoms with Gasteiger partial charge in [-0.1, -0.05) is 38.5 Å². The van der Waals surface area contributed by atoms with Crippen LogP contribution in [-0.4, -0.2) is 49.1 Å². The summed E-state index contributed by atoms with van der Waals surface area (Å²) in [5.41, 5.74) is 4.85. The highest BCUT2D eigenvalue weighted by atomic mass is 19.1. The van der Waals surface area contributed by atoms with Crippen molar-refractivity contribution < 1.29 is 13.9 Å². The van der Waals surface area contributed by atoms with Crippen molar-refractivity contribution in [3.8, 4) is 0 Å². The van der Waals surface area contributed by atoms with Gasteiger partial charge in [-0.15, -0.1) is 0 Å². The zero-order valence-electron chi connectivity index (χ0n) is 19.4. The van der Waals surface area contributed by atoms with Crippen LogP contribution < -0.4 is 5.43 Å². The summed E-state index contributed by atoms with van der Waals surface area (Å²) < 4.78 is 18.4. The number of aryl methyl sites for hydroxylation is 1. The molecule has 1 aromatic rings. The Labute approximate surface area is 190 Å². The number of carbonyl (C=O) groups is 1. The number of anilines is 1. The van der Waals surface area contributed by atoms with Crippen molar-refractivity contribution in [1.29, 1.82) is 5.41 Å². The molecule has 0 aliphatic heterocycles. The van der Waals surface area contributed by atoms with Crippen molar-refractivity contribution >= 4 is 30.2 Å². The van der Waals surface area contributed by atoms with Gasteiger partial charge in [0.2, 0.25) is 5.88 Å². The molecular formula is C24H34FN5O2. The summed E-state index contributed by atoms with van der Waals surface area (Å²) in [6.45, 7) is 13.1. The molecule has 0 radical (unpaired) electrons. The number of hydrogen-bond donors (Lipinski definition) is 2. The van der Waals surface area contributed by atoms with E-state index in [1.54, 1.807) is 18.0 Å². The smallest absolute Gasteiger partial charge is 0.256 e. The summed E-state index contributed by atoms with van der Waals surface area (Å²) in [6.07, 6.45) is 5.79. The highest BCUT2D eigenvalue weighted by Crippen LogP contribution is 2.25. The number of carbonyl (C=O) groups excluding carboxylic acids is 1. The van der Waals surface area contributed by atoms with E-state index in [4.69, 9.17) is 10.1 Å². The van der Waals surface area contributed by atoms with E-state index in [9.17, 15) is 9.18 Å². The van der Waals surface area contributed by atoms with E-state index in [0.29, 0.717) is 17.9 Å². The maximum Gasteiger partial charge on any atom is 0.256 e. The van der Waals surface area contributed by atoms with E-state index in [1.165, 1.54) is 6.21 Å². The average Bonchev–Trinajstić information content (AvgIpc) is 2.76. The number of hydrazone groups is 1. The molecule has 0 aliphatic carbocycles. The molecule has 1 rings (SSSR count). The second-order valence-corrected chi connectivity index (χ2v) is 7.46. The minimum atomic E-state index is -0.677. The quantitative estimate of drug-likeness (QED) is 0.231. The lowest BCUT2D eigenvalue weighted by Crippen LogP contribution is -2.43. The third-order valence-electron chi connectivity index (χ3n) is 4.99. The fraction of sp³-hybridized carbons (Fsp3) is 0.417. The average molecular weight is 444 g/mol. The molecule has 2 atom stereocenters. The number of hydrogen-bond acceptors (Lipinski definition) is 6. The van der Waals surface area contributed by atoms with Gasteiger partial charge in [0.05, 0.1) is 30.3 Å². The molecule has 0 heterocycles. The summed E-state index contributed by atoms with van der Waals surface area (Å²) in [6, 6.07) is 5.42. The number of nitrogens with zero attached hydrogens (tertiary/aromatic N) is 3. The van der Waals surface area contributed by atoms with Gasteiger partial charge in [0, 0.05) is 25.2 Å². The fourth-order valence-corrected chi connectivity index (χ4v) is 3.48. The molecule has 0 aliphatic rings. The number of nitrogens with one attached hydrogen (secondary N) is 2. The molecule has 0 aromatic heterocycles. The summed E-state index contributed by atoms with van der Waals surface area (Å²) in [7, 11) is 1.78. The number of ether oxygens (including phenoxy) is 1. The lowest BCUT2D eigenvalue weighted by molar-refractivity contribution is 0.0548. The number of rotatable bonds is 14. The first-order chi connectivity index (χ1) is 15.2. The van der Waals surface area contributed by atoms with Gasteiger partial charge in [0.25, 0.3) is 5.91 Å². The Kier molecular flexibility index (Phi) is 11.6. The maximum absolute atomic E-state index is 13.4. The van der Waals surface area contributed by atoms with Crippen LogP contribution in [0, 0.1) is 18.3 Å². The largest absolute Gasteiger partial charge is 0.478 e. The molecule has 0 fully saturated rings. The maximum atomic E-state index is 13.4. The van der Waals surface area contributed by atoms with Gasteiger partial charge < -0.3 is 15.0 Å². The van der Waals surface area contributed by atoms with Crippen molar-refractivity contribution in [2.24, 2.45) is 16.0 Å². The van der Waals surface area contributed by atoms with Gasteiger partial charge in [-0.2, -0.15) is 5.10 Å². The monoisotopic (exact) mass is 443 g/mol. The molecule has 8 heteroatoms. The van der Waals surface area contributed by atoms with Gasteiger partial charge in [0.1, 0.15) is 5.83 Å². The SMILES string of the molecule is C=C(F)/C=N\C(=C)OCC(CCC)C(CC)N(C)C(=O)c1cc(C)ccc1N/N=C\C=N. The molecule has 0 saturated heterocycles. The van der Waals surface area contributed by atoms with Gasteiger partial charge >= 0.3 is 0 Å². The van der Waals surface area contributed by atoms with Crippen LogP contribution in [0.15, 0.2) is 53.2 Å². The number of aliphatic imine (C=N–C) groups is 1. The first-order valence-electron chi connectivity index (χ1n) is 10.6. The topological polar surface area (TPSA) is 90.1 Å². The normalized spacial score (nSPS) is 13.0. The number of amides is 1. The number of allylic oxidation sites excluding steroid dienone is 1. The van der Waals surface area contributed by atoms with Crippen molar-refractivity contribution in [2.75, 3.05) is 19.1 Å². The predicted octanol–water partition coefficient (Wildman–Crippen LogP) is 5.35. The van der Waals surface area contributed by atoms with Gasteiger partial charge in [-0.05, 0) is 38.5 Å². The zero-order valence-corrected chi connectivity index (χ0v) is 19.4. The Morgan fingerprint density at radius 1 is 1.38 bits per heavy atom. The van der Waals surface area contributed by atoms with Crippen molar-refractivity contribution in [1.82, 2.24) is 4.90 Å². The van der Waals surface area contributed by atoms with Gasteiger partial charge in [-0.25, -0.2) is 9.38 Å². The molecule has 7 nitrogen and oxygen atoms in total. The minimum absolute atomic E-state index is 0.0385. The Bertz CT molecular complexity index is 866. The van der Waals surface area contributed by atoms with Crippen molar-refractivity contribution in [2.45, 2.75) is 46.1 Å². The molecule has 174 valence electrons. The summed E-state index contributed by atoms with van der Waals surface area (Å²) in [5.74, 6) is -0.677. The van der Waals surface area contributed by atoms with Crippen LogP contribution in [0.4, 0.5) is 10.1 Å². The molecule has 1 amide bonds. The van der Waals surface area contributed by atoms with Gasteiger partial charge in [0.15, 0.2) is 0 Å². The zero-order chi connectivity index (χ0) is 24.1. The molecule has 1 aromatic carbocycles. The lowest BCUT2D eigenvalue weighted by atomic mass is 9.92. The molecule has 32 heavy (non-hydrogen) atoms. The summed E-state index contributed by atoms with van der Waals surface area (Å²) >= 11 is 0. The Balaban J connectivity index is 3.07. The molecule has 0 spiro atoms. The van der Waals surface area contributed by atoms with E-state index in [1.807, 2.05) is 26.0 Å². The van der Waals surface area contributed by atoms with Crippen molar-refractivity contribution in [3.63, 3.8) is 0 Å². The van der Waals surface area contributed by atoms with Crippen LogP contribution >= 0.6 is 0 Å². The second-order valence-electron chi connectivity index (χ2n) is 7.46. The second kappa shape index (κ2) is 13.9.